The second kappa shape index (κ2) is 7.97. The summed E-state index contributed by atoms with van der Waals surface area (Å²) in [4.78, 5) is 14.1. The Hall–Kier alpha value is -1.92. The molecule has 1 heterocycles. The third-order valence-electron chi connectivity index (χ3n) is 4.60. The van der Waals surface area contributed by atoms with Crippen LogP contribution in [-0.2, 0) is 14.8 Å². The molecular weight excluding hydrogens is 336 g/mol. The van der Waals surface area contributed by atoms with Gasteiger partial charge >= 0.3 is 0 Å². The molecular formula is C19H24N2O3S. The summed E-state index contributed by atoms with van der Waals surface area (Å²) >= 11 is 0. The number of sulfonamides is 1. The van der Waals surface area contributed by atoms with Gasteiger partial charge in [-0.3, -0.25) is 4.79 Å². The molecule has 0 radical (unpaired) electrons. The van der Waals surface area contributed by atoms with E-state index in [2.05, 4.69) is 4.72 Å². The molecule has 1 aliphatic heterocycles. The lowest BCUT2D eigenvalue weighted by atomic mass is 10.1. The van der Waals surface area contributed by atoms with Gasteiger partial charge < -0.3 is 4.90 Å². The number of rotatable bonds is 6. The summed E-state index contributed by atoms with van der Waals surface area (Å²) in [5.74, 6) is 0.190. The fourth-order valence-corrected chi connectivity index (χ4v) is 4.28. The Morgan fingerprint density at radius 3 is 2.64 bits per heavy atom. The van der Waals surface area contributed by atoms with Crippen LogP contribution < -0.4 is 4.72 Å². The number of nitrogens with one attached hydrogen (secondary N) is 1. The number of likely N-dealkylation sites (tertiary alicyclic amines) is 1. The topological polar surface area (TPSA) is 66.5 Å². The van der Waals surface area contributed by atoms with E-state index >= 15 is 0 Å². The van der Waals surface area contributed by atoms with Crippen LogP contribution in [0.3, 0.4) is 0 Å². The molecule has 3 rings (SSSR count). The van der Waals surface area contributed by atoms with E-state index in [-0.39, 0.29) is 10.8 Å². The van der Waals surface area contributed by atoms with E-state index < -0.39 is 10.0 Å². The molecule has 1 fully saturated rings. The highest BCUT2D eigenvalue weighted by atomic mass is 32.2. The van der Waals surface area contributed by atoms with Gasteiger partial charge in [0.05, 0.1) is 4.90 Å². The molecule has 2 aromatic rings. The van der Waals surface area contributed by atoms with Crippen molar-refractivity contribution < 1.29 is 13.2 Å². The van der Waals surface area contributed by atoms with Crippen molar-refractivity contribution in [2.45, 2.75) is 37.0 Å². The molecule has 6 heteroatoms. The fraction of sp³-hybridized carbons (Fsp3) is 0.421. The minimum atomic E-state index is -3.53. The predicted molar refractivity (Wildman–Crippen MR) is 98.8 cm³/mol. The van der Waals surface area contributed by atoms with Crippen LogP contribution in [0.25, 0.3) is 10.8 Å². The number of amides is 1. The molecule has 0 aliphatic carbocycles. The molecule has 2 aromatic carbocycles. The van der Waals surface area contributed by atoms with Crippen LogP contribution in [0.1, 0.15) is 32.1 Å². The standard InChI is InChI=1S/C19H24N2O3S/c22-19-9-2-1-5-13-21(19)14-6-12-20-25(23,24)18-11-10-16-7-3-4-8-17(16)15-18/h3-4,7-8,10-11,15,20H,1-2,5-6,9,12-14H2. The molecule has 0 spiro atoms. The van der Waals surface area contributed by atoms with Gasteiger partial charge in [-0.2, -0.15) is 0 Å². The Balaban J connectivity index is 1.56. The average molecular weight is 360 g/mol. The summed E-state index contributed by atoms with van der Waals surface area (Å²) in [5.41, 5.74) is 0. The van der Waals surface area contributed by atoms with E-state index in [1.807, 2.05) is 35.2 Å². The van der Waals surface area contributed by atoms with Crippen molar-refractivity contribution in [3.05, 3.63) is 42.5 Å². The molecule has 1 aliphatic rings. The second-order valence-corrected chi connectivity index (χ2v) is 8.22. The molecule has 25 heavy (non-hydrogen) atoms. The SMILES string of the molecule is O=C1CCCCCN1CCCNS(=O)(=O)c1ccc2ccccc2c1. The van der Waals surface area contributed by atoms with Gasteiger partial charge in [-0.05, 0) is 42.2 Å². The lowest BCUT2D eigenvalue weighted by Gasteiger charge is -2.20. The number of nitrogens with zero attached hydrogens (tertiary/aromatic N) is 1. The highest BCUT2D eigenvalue weighted by molar-refractivity contribution is 7.89. The minimum Gasteiger partial charge on any atom is -0.343 e. The fourth-order valence-electron chi connectivity index (χ4n) is 3.17. The zero-order chi connectivity index (χ0) is 17.7. The normalized spacial score (nSPS) is 16.2. The highest BCUT2D eigenvalue weighted by Gasteiger charge is 2.17. The maximum Gasteiger partial charge on any atom is 0.240 e. The number of fused-ring (bicyclic) bond motifs is 1. The molecule has 1 saturated heterocycles. The van der Waals surface area contributed by atoms with Gasteiger partial charge in [0.15, 0.2) is 0 Å². The third kappa shape index (κ3) is 4.58. The maximum absolute atomic E-state index is 12.5. The van der Waals surface area contributed by atoms with Crippen LogP contribution in [-0.4, -0.2) is 38.9 Å². The van der Waals surface area contributed by atoms with E-state index in [0.29, 0.717) is 25.9 Å². The number of carbonyl (C=O) groups is 1. The highest BCUT2D eigenvalue weighted by Crippen LogP contribution is 2.18. The van der Waals surface area contributed by atoms with Crippen molar-refractivity contribution >= 4 is 26.7 Å². The first-order valence-electron chi connectivity index (χ1n) is 8.82. The summed E-state index contributed by atoms with van der Waals surface area (Å²) < 4.78 is 27.6. The Kier molecular flexibility index (Phi) is 5.71. The van der Waals surface area contributed by atoms with E-state index in [9.17, 15) is 13.2 Å². The molecule has 5 nitrogen and oxygen atoms in total. The number of hydrogen-bond donors (Lipinski definition) is 1. The minimum absolute atomic E-state index is 0.190. The Labute approximate surface area is 149 Å². The lowest BCUT2D eigenvalue weighted by molar-refractivity contribution is -0.130. The first-order chi connectivity index (χ1) is 12.1. The van der Waals surface area contributed by atoms with Crippen molar-refractivity contribution in [3.63, 3.8) is 0 Å². The number of benzene rings is 2. The Morgan fingerprint density at radius 1 is 1.00 bits per heavy atom. The molecule has 1 N–H and O–H groups in total. The van der Waals surface area contributed by atoms with Gasteiger partial charge in [0.2, 0.25) is 15.9 Å². The van der Waals surface area contributed by atoms with Crippen LogP contribution in [0.5, 0.6) is 0 Å². The van der Waals surface area contributed by atoms with Gasteiger partial charge in [-0.25, -0.2) is 13.1 Å². The number of carbonyl (C=O) groups excluding carboxylic acids is 1. The summed E-state index contributed by atoms with van der Waals surface area (Å²) in [6.45, 7) is 1.73. The molecule has 0 aromatic heterocycles. The Bertz CT molecular complexity index is 849. The zero-order valence-corrected chi connectivity index (χ0v) is 15.1. The van der Waals surface area contributed by atoms with Gasteiger partial charge in [0.25, 0.3) is 0 Å². The summed E-state index contributed by atoms with van der Waals surface area (Å²) in [7, 11) is -3.53. The van der Waals surface area contributed by atoms with Crippen LogP contribution >= 0.6 is 0 Å². The number of hydrogen-bond acceptors (Lipinski definition) is 3. The summed E-state index contributed by atoms with van der Waals surface area (Å²) in [5, 5.41) is 1.92. The van der Waals surface area contributed by atoms with Gasteiger partial charge in [-0.15, -0.1) is 0 Å². The maximum atomic E-state index is 12.5. The third-order valence-corrected chi connectivity index (χ3v) is 6.06. The first kappa shape index (κ1) is 17.9. The van der Waals surface area contributed by atoms with E-state index in [0.717, 1.165) is 36.6 Å². The van der Waals surface area contributed by atoms with Crippen LogP contribution in [0.15, 0.2) is 47.4 Å². The summed E-state index contributed by atoms with van der Waals surface area (Å²) in [6.07, 6.45) is 4.33. The Morgan fingerprint density at radius 2 is 1.80 bits per heavy atom. The lowest BCUT2D eigenvalue weighted by Crippen LogP contribution is -2.34. The molecule has 0 atom stereocenters. The van der Waals surface area contributed by atoms with Crippen molar-refractivity contribution in [2.24, 2.45) is 0 Å². The monoisotopic (exact) mass is 360 g/mol. The van der Waals surface area contributed by atoms with E-state index in [1.165, 1.54) is 0 Å². The van der Waals surface area contributed by atoms with Gasteiger partial charge in [-0.1, -0.05) is 36.8 Å². The van der Waals surface area contributed by atoms with Crippen LogP contribution in [0, 0.1) is 0 Å². The van der Waals surface area contributed by atoms with Crippen molar-refractivity contribution in [1.29, 1.82) is 0 Å². The van der Waals surface area contributed by atoms with Crippen molar-refractivity contribution in [3.8, 4) is 0 Å². The van der Waals surface area contributed by atoms with Crippen LogP contribution in [0.2, 0.25) is 0 Å². The molecule has 0 unspecified atom stereocenters. The smallest absolute Gasteiger partial charge is 0.240 e. The molecule has 1 amide bonds. The van der Waals surface area contributed by atoms with E-state index in [4.69, 9.17) is 0 Å². The van der Waals surface area contributed by atoms with Crippen molar-refractivity contribution in [1.82, 2.24) is 9.62 Å². The quantitative estimate of drug-likeness (QED) is 0.806. The first-order valence-corrected chi connectivity index (χ1v) is 10.3. The average Bonchev–Trinajstić information content (AvgIpc) is 2.82. The predicted octanol–water partition coefficient (Wildman–Crippen LogP) is 2.91. The van der Waals surface area contributed by atoms with E-state index in [1.54, 1.807) is 12.1 Å². The molecule has 134 valence electrons. The van der Waals surface area contributed by atoms with Gasteiger partial charge in [0, 0.05) is 26.1 Å². The second-order valence-electron chi connectivity index (χ2n) is 6.45. The van der Waals surface area contributed by atoms with Crippen LogP contribution in [0.4, 0.5) is 0 Å². The molecule has 0 saturated carbocycles. The molecule has 0 bridgehead atoms. The van der Waals surface area contributed by atoms with Crippen molar-refractivity contribution in [2.75, 3.05) is 19.6 Å². The summed E-state index contributed by atoms with van der Waals surface area (Å²) in [6, 6.07) is 12.8. The largest absolute Gasteiger partial charge is 0.343 e. The zero-order valence-electron chi connectivity index (χ0n) is 14.3. The van der Waals surface area contributed by atoms with Gasteiger partial charge in [0.1, 0.15) is 0 Å².